The molecule has 0 atom stereocenters. The summed E-state index contributed by atoms with van der Waals surface area (Å²) in [4.78, 5) is 31.7. The Morgan fingerprint density at radius 3 is 2.34 bits per heavy atom. The molecule has 3 aromatic rings. The summed E-state index contributed by atoms with van der Waals surface area (Å²) in [5.41, 5.74) is 3.57. The van der Waals surface area contributed by atoms with Gasteiger partial charge in [-0.1, -0.05) is 39.8 Å². The van der Waals surface area contributed by atoms with Crippen molar-refractivity contribution in [2.75, 3.05) is 20.2 Å². The van der Waals surface area contributed by atoms with E-state index in [1.807, 2.05) is 51.9 Å². The summed E-state index contributed by atoms with van der Waals surface area (Å²) in [6, 6.07) is 11.2. The van der Waals surface area contributed by atoms with Crippen molar-refractivity contribution in [3.8, 4) is 17.0 Å². The van der Waals surface area contributed by atoms with Crippen molar-refractivity contribution in [3.05, 3.63) is 53.9 Å². The van der Waals surface area contributed by atoms with Gasteiger partial charge >= 0.3 is 5.97 Å². The van der Waals surface area contributed by atoms with Crippen LogP contribution in [0.5, 0.6) is 5.75 Å². The molecule has 35 heavy (non-hydrogen) atoms. The molecule has 0 aliphatic heterocycles. The Bertz CT molecular complexity index is 1150. The Hall–Kier alpha value is -3.35. The molecule has 0 aliphatic rings. The lowest BCUT2D eigenvalue weighted by Crippen LogP contribution is -2.34. The van der Waals surface area contributed by atoms with Gasteiger partial charge in [-0.2, -0.15) is 0 Å². The molecule has 0 saturated carbocycles. The van der Waals surface area contributed by atoms with E-state index in [1.54, 1.807) is 7.11 Å². The van der Waals surface area contributed by atoms with Crippen molar-refractivity contribution in [1.29, 1.82) is 0 Å². The van der Waals surface area contributed by atoms with E-state index in [9.17, 15) is 14.7 Å². The van der Waals surface area contributed by atoms with Gasteiger partial charge in [0.15, 0.2) is 0 Å². The zero-order valence-corrected chi connectivity index (χ0v) is 21.5. The molecule has 2 heterocycles. The zero-order chi connectivity index (χ0) is 25.5. The van der Waals surface area contributed by atoms with E-state index in [0.29, 0.717) is 54.0 Å². The maximum Gasteiger partial charge on any atom is 0.303 e. The normalized spacial score (nSPS) is 11.4. The van der Waals surface area contributed by atoms with Crippen molar-refractivity contribution >= 4 is 17.5 Å². The summed E-state index contributed by atoms with van der Waals surface area (Å²) < 4.78 is 7.24. The standard InChI is InChI=1S/C28H37N3O4/c1-19(2)13-15-30(16-14-20(3)4)28(34)22-9-11-25-29-27(21-7-6-8-23(17-21)35-5)24(31(25)18-22)10-12-26(32)33/h6-9,11,17-20H,10,12-16H2,1-5H3,(H,32,33). The van der Waals surface area contributed by atoms with Crippen LogP contribution in [0.2, 0.25) is 0 Å². The Morgan fingerprint density at radius 2 is 1.74 bits per heavy atom. The molecule has 1 aromatic carbocycles. The second-order valence-electron chi connectivity index (χ2n) is 9.84. The lowest BCUT2D eigenvalue weighted by molar-refractivity contribution is -0.136. The van der Waals surface area contributed by atoms with Gasteiger partial charge in [0.05, 0.1) is 30.5 Å². The van der Waals surface area contributed by atoms with Gasteiger partial charge in [0.1, 0.15) is 11.4 Å². The number of carbonyl (C=O) groups is 2. The first kappa shape index (κ1) is 26.3. The van der Waals surface area contributed by atoms with E-state index >= 15 is 0 Å². The van der Waals surface area contributed by atoms with Gasteiger partial charge in [-0.15, -0.1) is 0 Å². The van der Waals surface area contributed by atoms with Gasteiger partial charge in [0.25, 0.3) is 5.91 Å². The third-order valence-electron chi connectivity index (χ3n) is 6.12. The Labute approximate surface area is 207 Å². The highest BCUT2D eigenvalue weighted by atomic mass is 16.5. The zero-order valence-electron chi connectivity index (χ0n) is 21.5. The van der Waals surface area contributed by atoms with Gasteiger partial charge in [-0.25, -0.2) is 4.98 Å². The van der Waals surface area contributed by atoms with Crippen LogP contribution in [0.1, 0.15) is 63.0 Å². The molecule has 0 radical (unpaired) electrons. The van der Waals surface area contributed by atoms with Crippen molar-refractivity contribution < 1.29 is 19.4 Å². The molecule has 1 N–H and O–H groups in total. The molecule has 188 valence electrons. The lowest BCUT2D eigenvalue weighted by atomic mass is 10.1. The summed E-state index contributed by atoms with van der Waals surface area (Å²) >= 11 is 0. The SMILES string of the molecule is COc1cccc(-c2nc3ccc(C(=O)N(CCC(C)C)CCC(C)C)cn3c2CCC(=O)O)c1. The highest BCUT2D eigenvalue weighted by Gasteiger charge is 2.20. The molecule has 7 nitrogen and oxygen atoms in total. The highest BCUT2D eigenvalue weighted by Crippen LogP contribution is 2.29. The summed E-state index contributed by atoms with van der Waals surface area (Å²) in [5.74, 6) is 0.832. The second-order valence-corrected chi connectivity index (χ2v) is 9.84. The monoisotopic (exact) mass is 479 g/mol. The van der Waals surface area contributed by atoms with Gasteiger partial charge in [0.2, 0.25) is 0 Å². The molecular weight excluding hydrogens is 442 g/mol. The minimum Gasteiger partial charge on any atom is -0.497 e. The average Bonchev–Trinajstić information content (AvgIpc) is 3.19. The van der Waals surface area contributed by atoms with Gasteiger partial charge in [-0.05, 0) is 48.9 Å². The summed E-state index contributed by atoms with van der Waals surface area (Å²) in [5, 5.41) is 9.34. The molecule has 0 unspecified atom stereocenters. The first-order chi connectivity index (χ1) is 16.7. The predicted molar refractivity (Wildman–Crippen MR) is 138 cm³/mol. The van der Waals surface area contributed by atoms with Crippen LogP contribution < -0.4 is 4.74 Å². The van der Waals surface area contributed by atoms with E-state index in [4.69, 9.17) is 9.72 Å². The Morgan fingerprint density at radius 1 is 1.06 bits per heavy atom. The number of carboxylic acid groups (broad SMARTS) is 1. The molecule has 7 heteroatoms. The number of hydrogen-bond donors (Lipinski definition) is 1. The minimum atomic E-state index is -0.877. The highest BCUT2D eigenvalue weighted by molar-refractivity contribution is 5.94. The number of aliphatic carboxylic acids is 1. The third kappa shape index (κ3) is 6.84. The molecule has 0 aliphatic carbocycles. The largest absolute Gasteiger partial charge is 0.497 e. The summed E-state index contributed by atoms with van der Waals surface area (Å²) in [6.07, 6.45) is 3.97. The van der Waals surface area contributed by atoms with Crippen LogP contribution >= 0.6 is 0 Å². The fourth-order valence-electron chi connectivity index (χ4n) is 4.01. The van der Waals surface area contributed by atoms with E-state index in [1.165, 1.54) is 0 Å². The quantitative estimate of drug-likeness (QED) is 0.368. The number of amides is 1. The second kappa shape index (κ2) is 11.9. The summed E-state index contributed by atoms with van der Waals surface area (Å²) in [6.45, 7) is 10.1. The van der Waals surface area contributed by atoms with Crippen LogP contribution in [0.3, 0.4) is 0 Å². The number of pyridine rings is 1. The molecule has 0 spiro atoms. The molecule has 0 bridgehead atoms. The van der Waals surface area contributed by atoms with Crippen LogP contribution in [-0.4, -0.2) is 51.5 Å². The van der Waals surface area contributed by atoms with Crippen LogP contribution in [0.15, 0.2) is 42.6 Å². The fraction of sp³-hybridized carbons (Fsp3) is 0.464. The number of benzene rings is 1. The Kier molecular flexibility index (Phi) is 8.90. The van der Waals surface area contributed by atoms with Crippen LogP contribution in [0.25, 0.3) is 16.9 Å². The number of methoxy groups -OCH3 is 1. The van der Waals surface area contributed by atoms with E-state index < -0.39 is 5.97 Å². The fourth-order valence-corrected chi connectivity index (χ4v) is 4.01. The van der Waals surface area contributed by atoms with E-state index in [-0.39, 0.29) is 12.3 Å². The lowest BCUT2D eigenvalue weighted by Gasteiger charge is -2.24. The summed E-state index contributed by atoms with van der Waals surface area (Å²) in [7, 11) is 1.61. The molecule has 0 saturated heterocycles. The average molecular weight is 480 g/mol. The van der Waals surface area contributed by atoms with Crippen LogP contribution in [0.4, 0.5) is 0 Å². The predicted octanol–water partition coefficient (Wildman–Crippen LogP) is 5.56. The Balaban J connectivity index is 2.03. The van der Waals surface area contributed by atoms with Crippen LogP contribution in [0, 0.1) is 11.8 Å². The number of ether oxygens (including phenoxy) is 1. The number of aryl methyl sites for hydroxylation is 1. The number of carbonyl (C=O) groups excluding carboxylic acids is 1. The molecular formula is C28H37N3O4. The first-order valence-corrected chi connectivity index (χ1v) is 12.4. The molecule has 2 aromatic heterocycles. The van der Waals surface area contributed by atoms with Crippen molar-refractivity contribution in [2.24, 2.45) is 11.8 Å². The van der Waals surface area contributed by atoms with E-state index in [0.717, 1.165) is 24.1 Å². The number of carboxylic acids is 1. The number of nitrogens with zero attached hydrogens (tertiary/aromatic N) is 3. The van der Waals surface area contributed by atoms with Gasteiger partial charge in [0, 0.05) is 31.3 Å². The van der Waals surface area contributed by atoms with Crippen molar-refractivity contribution in [1.82, 2.24) is 14.3 Å². The smallest absolute Gasteiger partial charge is 0.303 e. The topological polar surface area (TPSA) is 84.1 Å². The molecule has 1 amide bonds. The first-order valence-electron chi connectivity index (χ1n) is 12.4. The van der Waals surface area contributed by atoms with Crippen molar-refractivity contribution in [3.63, 3.8) is 0 Å². The number of aromatic nitrogens is 2. The van der Waals surface area contributed by atoms with Crippen molar-refractivity contribution in [2.45, 2.75) is 53.4 Å². The van der Waals surface area contributed by atoms with Crippen LogP contribution in [-0.2, 0) is 11.2 Å². The minimum absolute atomic E-state index is 0.00554. The van der Waals surface area contributed by atoms with Gasteiger partial charge < -0.3 is 19.1 Å². The number of imidazole rings is 1. The maximum absolute atomic E-state index is 13.5. The maximum atomic E-state index is 13.5. The van der Waals surface area contributed by atoms with E-state index in [2.05, 4.69) is 27.7 Å². The number of rotatable bonds is 12. The van der Waals surface area contributed by atoms with Gasteiger partial charge in [-0.3, -0.25) is 9.59 Å². The molecule has 0 fully saturated rings. The number of fused-ring (bicyclic) bond motifs is 1. The number of hydrogen-bond acceptors (Lipinski definition) is 4. The third-order valence-corrected chi connectivity index (χ3v) is 6.12. The molecule has 3 rings (SSSR count).